The third-order valence-corrected chi connectivity index (χ3v) is 5.95. The molecule has 0 spiro atoms. The van der Waals surface area contributed by atoms with Gasteiger partial charge in [-0.2, -0.15) is 5.10 Å². The molecule has 0 saturated carbocycles. The van der Waals surface area contributed by atoms with Gasteiger partial charge in [-0.1, -0.05) is 18.2 Å². The van der Waals surface area contributed by atoms with Gasteiger partial charge in [-0.05, 0) is 55.2 Å². The van der Waals surface area contributed by atoms with Gasteiger partial charge in [0.15, 0.2) is 0 Å². The monoisotopic (exact) mass is 413 g/mol. The van der Waals surface area contributed by atoms with Crippen molar-refractivity contribution in [1.82, 2.24) is 24.2 Å². The average Bonchev–Trinajstić information content (AvgIpc) is 3.36. The van der Waals surface area contributed by atoms with Crippen LogP contribution in [-0.4, -0.2) is 43.2 Å². The van der Waals surface area contributed by atoms with Crippen LogP contribution in [0.15, 0.2) is 78.1 Å². The van der Waals surface area contributed by atoms with Crippen molar-refractivity contribution >= 4 is 16.8 Å². The van der Waals surface area contributed by atoms with Gasteiger partial charge in [0.2, 0.25) is 0 Å². The number of rotatable bonds is 4. The van der Waals surface area contributed by atoms with Crippen molar-refractivity contribution < 1.29 is 4.79 Å². The summed E-state index contributed by atoms with van der Waals surface area (Å²) in [6, 6.07) is 16.8. The van der Waals surface area contributed by atoms with E-state index < -0.39 is 0 Å². The molecule has 7 heteroatoms. The first-order valence-corrected chi connectivity index (χ1v) is 10.5. The molecule has 156 valence electrons. The Hall–Kier alpha value is -3.74. The number of para-hydroxylation sites is 1. The lowest BCUT2D eigenvalue weighted by atomic mass is 9.96. The van der Waals surface area contributed by atoms with E-state index in [0.717, 1.165) is 24.0 Å². The van der Waals surface area contributed by atoms with Gasteiger partial charge in [0.1, 0.15) is 0 Å². The quantitative estimate of drug-likeness (QED) is 0.515. The number of carbonyl (C=O) groups is 1. The van der Waals surface area contributed by atoms with Crippen LogP contribution in [0.1, 0.15) is 23.2 Å². The molecule has 3 heterocycles. The molecule has 1 aliphatic heterocycles. The minimum absolute atomic E-state index is 0.000424. The second kappa shape index (κ2) is 8.18. The van der Waals surface area contributed by atoms with Crippen molar-refractivity contribution in [2.24, 2.45) is 5.92 Å². The number of amides is 1. The maximum absolute atomic E-state index is 13.0. The van der Waals surface area contributed by atoms with Gasteiger partial charge in [-0.25, -0.2) is 9.67 Å². The second-order valence-corrected chi connectivity index (χ2v) is 7.96. The molecule has 4 aromatic rings. The van der Waals surface area contributed by atoms with Crippen molar-refractivity contribution in [1.29, 1.82) is 0 Å². The van der Waals surface area contributed by atoms with Crippen molar-refractivity contribution in [3.05, 3.63) is 89.2 Å². The zero-order chi connectivity index (χ0) is 21.2. The van der Waals surface area contributed by atoms with Gasteiger partial charge < -0.3 is 4.90 Å². The highest BCUT2D eigenvalue weighted by Crippen LogP contribution is 2.21. The van der Waals surface area contributed by atoms with Crippen LogP contribution in [0.3, 0.4) is 0 Å². The summed E-state index contributed by atoms with van der Waals surface area (Å²) in [6.07, 6.45) is 6.95. The first-order chi connectivity index (χ1) is 15.2. The third-order valence-electron chi connectivity index (χ3n) is 5.95. The first kappa shape index (κ1) is 19.2. The van der Waals surface area contributed by atoms with Crippen LogP contribution in [0.4, 0.5) is 0 Å². The van der Waals surface area contributed by atoms with E-state index in [-0.39, 0.29) is 11.5 Å². The fourth-order valence-electron chi connectivity index (χ4n) is 4.22. The largest absolute Gasteiger partial charge is 0.339 e. The Morgan fingerprint density at radius 2 is 1.87 bits per heavy atom. The minimum atomic E-state index is -0.000424. The zero-order valence-corrected chi connectivity index (χ0v) is 17.1. The van der Waals surface area contributed by atoms with E-state index >= 15 is 0 Å². The summed E-state index contributed by atoms with van der Waals surface area (Å²) in [5.74, 6) is 0.386. The Labute approximate surface area is 179 Å². The summed E-state index contributed by atoms with van der Waals surface area (Å²) in [6.45, 7) is 2.00. The number of likely N-dealkylation sites (tertiary alicyclic amines) is 1. The van der Waals surface area contributed by atoms with Gasteiger partial charge in [0, 0.05) is 37.6 Å². The smallest absolute Gasteiger partial charge is 0.261 e. The van der Waals surface area contributed by atoms with E-state index in [1.54, 1.807) is 21.8 Å². The number of piperidine rings is 1. The topological polar surface area (TPSA) is 73.0 Å². The molecule has 1 aliphatic rings. The Morgan fingerprint density at radius 1 is 1.03 bits per heavy atom. The molecule has 7 nitrogen and oxygen atoms in total. The van der Waals surface area contributed by atoms with Crippen LogP contribution in [0.2, 0.25) is 0 Å². The molecule has 0 aliphatic carbocycles. The van der Waals surface area contributed by atoms with Gasteiger partial charge in [-0.15, -0.1) is 0 Å². The molecular formula is C24H23N5O2. The van der Waals surface area contributed by atoms with E-state index in [1.165, 1.54) is 0 Å². The lowest BCUT2D eigenvalue weighted by Crippen LogP contribution is -2.40. The first-order valence-electron chi connectivity index (χ1n) is 10.5. The molecule has 1 amide bonds. The molecule has 0 bridgehead atoms. The summed E-state index contributed by atoms with van der Waals surface area (Å²) >= 11 is 0. The number of benzene rings is 2. The van der Waals surface area contributed by atoms with Gasteiger partial charge in [-0.3, -0.25) is 14.2 Å². The lowest BCUT2D eigenvalue weighted by molar-refractivity contribution is 0.0682. The van der Waals surface area contributed by atoms with Crippen LogP contribution in [-0.2, 0) is 6.54 Å². The van der Waals surface area contributed by atoms with E-state index in [9.17, 15) is 9.59 Å². The van der Waals surface area contributed by atoms with E-state index in [1.807, 2.05) is 65.7 Å². The maximum atomic E-state index is 13.0. The van der Waals surface area contributed by atoms with Crippen molar-refractivity contribution in [3.63, 3.8) is 0 Å². The number of hydrogen-bond acceptors (Lipinski definition) is 4. The normalized spacial score (nSPS) is 14.8. The summed E-state index contributed by atoms with van der Waals surface area (Å²) in [5.41, 5.74) is 2.26. The molecule has 0 unspecified atom stereocenters. The van der Waals surface area contributed by atoms with Crippen molar-refractivity contribution in [3.8, 4) is 5.69 Å². The number of hydrogen-bond donors (Lipinski definition) is 0. The highest BCUT2D eigenvalue weighted by Gasteiger charge is 2.24. The summed E-state index contributed by atoms with van der Waals surface area (Å²) < 4.78 is 3.45. The summed E-state index contributed by atoms with van der Waals surface area (Å²) in [5, 5.41) is 4.88. The lowest BCUT2D eigenvalue weighted by Gasteiger charge is -2.32. The number of fused-ring (bicyclic) bond motifs is 1. The van der Waals surface area contributed by atoms with Crippen LogP contribution in [0.25, 0.3) is 16.6 Å². The Bertz CT molecular complexity index is 1270. The maximum Gasteiger partial charge on any atom is 0.261 e. The predicted octanol–water partition coefficient (Wildman–Crippen LogP) is 3.13. The van der Waals surface area contributed by atoms with Gasteiger partial charge in [0.25, 0.3) is 11.5 Å². The van der Waals surface area contributed by atoms with Crippen LogP contribution >= 0.6 is 0 Å². The molecule has 0 N–H and O–H groups in total. The van der Waals surface area contributed by atoms with E-state index in [4.69, 9.17) is 0 Å². The minimum Gasteiger partial charge on any atom is -0.339 e. The fourth-order valence-corrected chi connectivity index (χ4v) is 4.22. The molecular weight excluding hydrogens is 390 g/mol. The van der Waals surface area contributed by atoms with E-state index in [0.29, 0.717) is 36.5 Å². The Morgan fingerprint density at radius 3 is 2.68 bits per heavy atom. The Balaban J connectivity index is 1.25. The van der Waals surface area contributed by atoms with E-state index in [2.05, 4.69) is 10.1 Å². The summed E-state index contributed by atoms with van der Waals surface area (Å²) in [7, 11) is 0. The third kappa shape index (κ3) is 3.86. The number of aromatic nitrogens is 4. The molecule has 2 aromatic heterocycles. The SMILES string of the molecule is O=C(c1cccc(-n2cccn2)c1)N1CCC(Cn2cnc3ccccc3c2=O)CC1. The fraction of sp³-hybridized carbons (Fsp3) is 0.250. The highest BCUT2D eigenvalue weighted by molar-refractivity contribution is 5.94. The van der Waals surface area contributed by atoms with Gasteiger partial charge >= 0.3 is 0 Å². The zero-order valence-electron chi connectivity index (χ0n) is 17.1. The molecule has 0 atom stereocenters. The molecule has 1 saturated heterocycles. The molecule has 2 aromatic carbocycles. The molecule has 0 radical (unpaired) electrons. The predicted molar refractivity (Wildman–Crippen MR) is 118 cm³/mol. The van der Waals surface area contributed by atoms with Crippen molar-refractivity contribution in [2.45, 2.75) is 19.4 Å². The molecule has 5 rings (SSSR count). The van der Waals surface area contributed by atoms with Gasteiger partial charge in [0.05, 0.1) is 22.9 Å². The second-order valence-electron chi connectivity index (χ2n) is 7.96. The number of carbonyl (C=O) groups excluding carboxylic acids is 1. The summed E-state index contributed by atoms with van der Waals surface area (Å²) in [4.78, 5) is 32.1. The average molecular weight is 413 g/mol. The van der Waals surface area contributed by atoms with Crippen molar-refractivity contribution in [2.75, 3.05) is 13.1 Å². The number of nitrogens with zero attached hydrogens (tertiary/aromatic N) is 5. The highest BCUT2D eigenvalue weighted by atomic mass is 16.2. The van der Waals surface area contributed by atoms with Crippen LogP contribution in [0.5, 0.6) is 0 Å². The standard InChI is InChI=1S/C24H23N5O2/c30-23(19-5-3-6-20(15-19)29-12-4-11-26-29)27-13-9-18(10-14-27)16-28-17-25-22-8-2-1-7-21(22)24(28)31/h1-8,11-12,15,17-18H,9-10,13-14,16H2. The van der Waals surface area contributed by atoms with Crippen LogP contribution in [0, 0.1) is 5.92 Å². The van der Waals surface area contributed by atoms with Crippen LogP contribution < -0.4 is 5.56 Å². The molecule has 31 heavy (non-hydrogen) atoms. The Kier molecular flexibility index (Phi) is 5.08. The molecule has 1 fully saturated rings.